The first-order valence-corrected chi connectivity index (χ1v) is 13.5. The average Bonchev–Trinajstić information content (AvgIpc) is 3.33. The Morgan fingerprint density at radius 2 is 1.81 bits per heavy atom. The van der Waals surface area contributed by atoms with E-state index in [1.807, 2.05) is 13.0 Å². The molecule has 1 amide bonds. The van der Waals surface area contributed by atoms with Gasteiger partial charge in [0.1, 0.15) is 5.82 Å². The zero-order valence-electron chi connectivity index (χ0n) is 22.4. The Balaban J connectivity index is 1.33. The molecule has 1 saturated carbocycles. The number of allylic oxidation sites excluding steroid dienone is 2. The van der Waals surface area contributed by atoms with E-state index in [0.29, 0.717) is 31.0 Å². The molecule has 2 aromatic carbocycles. The monoisotopic (exact) mass is 589 g/mol. The Hall–Kier alpha value is -3.89. The summed E-state index contributed by atoms with van der Waals surface area (Å²) >= 11 is 0. The molecule has 3 aliphatic rings. The Kier molecular flexibility index (Phi) is 6.62. The van der Waals surface area contributed by atoms with Gasteiger partial charge in [-0.05, 0) is 79.8 Å². The first-order valence-electron chi connectivity index (χ1n) is 13.5. The molecule has 42 heavy (non-hydrogen) atoms. The molecule has 1 aromatic heterocycles. The summed E-state index contributed by atoms with van der Waals surface area (Å²) in [6, 6.07) is 8.26. The van der Waals surface area contributed by atoms with Gasteiger partial charge in [0.25, 0.3) is 5.91 Å². The number of nitrogens with one attached hydrogen (secondary N) is 1. The van der Waals surface area contributed by atoms with Gasteiger partial charge in [-0.15, -0.1) is 0 Å². The van der Waals surface area contributed by atoms with Gasteiger partial charge in [0.15, 0.2) is 0 Å². The van der Waals surface area contributed by atoms with Crippen LogP contribution < -0.4 is 5.32 Å². The summed E-state index contributed by atoms with van der Waals surface area (Å²) in [6.07, 6.45) is -3.07. The van der Waals surface area contributed by atoms with Crippen LogP contribution in [0.25, 0.3) is 11.8 Å². The molecule has 11 heteroatoms. The van der Waals surface area contributed by atoms with Crippen molar-refractivity contribution >= 4 is 12.0 Å². The fraction of sp³-hybridized carbons (Fsp3) is 0.355. The molecule has 3 aliphatic carbocycles. The summed E-state index contributed by atoms with van der Waals surface area (Å²) in [5.74, 6) is -3.88. The fourth-order valence-electron chi connectivity index (χ4n) is 6.84. The van der Waals surface area contributed by atoms with Gasteiger partial charge in [0, 0.05) is 22.9 Å². The molecule has 6 rings (SSSR count). The molecule has 4 atom stereocenters. The van der Waals surface area contributed by atoms with Gasteiger partial charge in [-0.1, -0.05) is 30.2 Å². The normalized spacial score (nSPS) is 25.5. The van der Waals surface area contributed by atoms with E-state index < -0.39 is 47.1 Å². The maximum atomic E-state index is 14.3. The van der Waals surface area contributed by atoms with Gasteiger partial charge in [0.05, 0.1) is 29.1 Å². The highest BCUT2D eigenvalue weighted by Gasteiger charge is 2.54. The summed E-state index contributed by atoms with van der Waals surface area (Å²) in [5, 5.41) is 6.99. The maximum absolute atomic E-state index is 14.3. The van der Waals surface area contributed by atoms with Gasteiger partial charge in [-0.2, -0.15) is 31.4 Å². The summed E-state index contributed by atoms with van der Waals surface area (Å²) < 4.78 is 97.7. The molecule has 1 N–H and O–H groups in total. The number of hydrogen-bond donors (Lipinski definition) is 1. The summed E-state index contributed by atoms with van der Waals surface area (Å²) in [7, 11) is 0. The molecule has 1 heterocycles. The molecule has 1 fully saturated rings. The molecule has 3 aromatic rings. The number of halogens is 7. The van der Waals surface area contributed by atoms with E-state index in [4.69, 9.17) is 0 Å². The van der Waals surface area contributed by atoms with Crippen molar-refractivity contribution in [2.24, 2.45) is 17.3 Å². The van der Waals surface area contributed by atoms with Crippen molar-refractivity contribution in [2.45, 2.75) is 51.0 Å². The third-order valence-corrected chi connectivity index (χ3v) is 8.91. The number of carbonyl (C=O) groups excluding carboxylic acids is 1. The molecule has 4 nitrogen and oxygen atoms in total. The molecule has 220 valence electrons. The lowest BCUT2D eigenvalue weighted by molar-refractivity contribution is -0.186. The largest absolute Gasteiger partial charge is 0.416 e. The van der Waals surface area contributed by atoms with Crippen molar-refractivity contribution in [2.75, 3.05) is 0 Å². The highest BCUT2D eigenvalue weighted by atomic mass is 19.4. The van der Waals surface area contributed by atoms with E-state index in [9.17, 15) is 35.5 Å². The van der Waals surface area contributed by atoms with Crippen LogP contribution in [0.3, 0.4) is 0 Å². The van der Waals surface area contributed by atoms with E-state index in [1.165, 1.54) is 12.1 Å². The standard InChI is InChI=1S/C31H26F7N3O/c1-29-15-18-16-39-41(22-8-6-21(32)7-9-22)26(18)14-19(29)5-10-23-24(29)11-12-25(31(36,37)38)27(23)40-28(42)17-3-2-4-20(13-17)30(33,34)35/h2-4,6-9,11,13-14,16,23,25,27H,5,10,12,15H2,1H3,(H,40,42)/t23-,25+,27+,29-/m0/s1. The van der Waals surface area contributed by atoms with Crippen LogP contribution in [0.15, 0.2) is 72.0 Å². The summed E-state index contributed by atoms with van der Waals surface area (Å²) in [6.45, 7) is 1.98. The fourth-order valence-corrected chi connectivity index (χ4v) is 6.84. The molecule has 0 bridgehead atoms. The van der Waals surface area contributed by atoms with Gasteiger partial charge < -0.3 is 5.32 Å². The molecule has 0 saturated heterocycles. The third-order valence-electron chi connectivity index (χ3n) is 8.91. The van der Waals surface area contributed by atoms with Crippen molar-refractivity contribution in [3.05, 3.63) is 100 Å². The minimum absolute atomic E-state index is 0.327. The zero-order valence-corrected chi connectivity index (χ0v) is 22.4. The number of nitrogens with zero attached hydrogens (tertiary/aromatic N) is 2. The number of aromatic nitrogens is 2. The number of fused-ring (bicyclic) bond motifs is 4. The highest BCUT2D eigenvalue weighted by Crippen LogP contribution is 2.57. The second-order valence-corrected chi connectivity index (χ2v) is 11.4. The first-order chi connectivity index (χ1) is 19.8. The molecular weight excluding hydrogens is 563 g/mol. The van der Waals surface area contributed by atoms with Gasteiger partial charge in [-0.25, -0.2) is 9.07 Å². The van der Waals surface area contributed by atoms with Crippen molar-refractivity contribution < 1.29 is 35.5 Å². The van der Waals surface area contributed by atoms with Crippen molar-refractivity contribution in [1.29, 1.82) is 0 Å². The second kappa shape index (κ2) is 9.84. The molecule has 0 aliphatic heterocycles. The highest BCUT2D eigenvalue weighted by molar-refractivity contribution is 5.94. The Morgan fingerprint density at radius 3 is 2.50 bits per heavy atom. The van der Waals surface area contributed by atoms with Crippen LogP contribution in [0.5, 0.6) is 0 Å². The first kappa shape index (κ1) is 28.2. The van der Waals surface area contributed by atoms with Gasteiger partial charge >= 0.3 is 12.4 Å². The minimum Gasteiger partial charge on any atom is -0.348 e. The summed E-state index contributed by atoms with van der Waals surface area (Å²) in [4.78, 5) is 13.1. The van der Waals surface area contributed by atoms with Crippen LogP contribution in [0.1, 0.15) is 53.4 Å². The van der Waals surface area contributed by atoms with Crippen molar-refractivity contribution in [3.63, 3.8) is 0 Å². The van der Waals surface area contributed by atoms with Crippen LogP contribution >= 0.6 is 0 Å². The molecule has 0 spiro atoms. The van der Waals surface area contributed by atoms with E-state index >= 15 is 0 Å². The Morgan fingerprint density at radius 1 is 1.07 bits per heavy atom. The van der Waals surface area contributed by atoms with Crippen molar-refractivity contribution in [1.82, 2.24) is 15.1 Å². The van der Waals surface area contributed by atoms with Gasteiger partial charge in [-0.3, -0.25) is 4.79 Å². The predicted octanol–water partition coefficient (Wildman–Crippen LogP) is 7.69. The SMILES string of the molecule is C[C@]12Cc3cnn(-c4ccc(F)cc4)c3C=C1CC[C@H]1C2=CC[C@@H](C(F)(F)F)[C@@H]1NC(=O)c1cccc(C(F)(F)F)c1. The Labute approximate surface area is 236 Å². The number of hydrogen-bond acceptors (Lipinski definition) is 2. The number of alkyl halides is 6. The van der Waals surface area contributed by atoms with E-state index in [-0.39, 0.29) is 17.8 Å². The average molecular weight is 590 g/mol. The van der Waals surface area contributed by atoms with E-state index in [0.717, 1.165) is 40.6 Å². The smallest absolute Gasteiger partial charge is 0.348 e. The topological polar surface area (TPSA) is 46.9 Å². The number of benzene rings is 2. The van der Waals surface area contributed by atoms with Crippen LogP contribution in [0, 0.1) is 23.1 Å². The van der Waals surface area contributed by atoms with Crippen LogP contribution in [0.2, 0.25) is 0 Å². The lowest BCUT2D eigenvalue weighted by Gasteiger charge is -2.51. The predicted molar refractivity (Wildman–Crippen MR) is 141 cm³/mol. The number of carbonyl (C=O) groups is 1. The zero-order chi connectivity index (χ0) is 30.0. The molecule has 0 unspecified atom stereocenters. The van der Waals surface area contributed by atoms with Gasteiger partial charge in [0.2, 0.25) is 0 Å². The second-order valence-electron chi connectivity index (χ2n) is 11.4. The molecule has 0 radical (unpaired) electrons. The van der Waals surface area contributed by atoms with Crippen molar-refractivity contribution in [3.8, 4) is 5.69 Å². The number of rotatable bonds is 3. The lowest BCUT2D eigenvalue weighted by atomic mass is 9.55. The van der Waals surface area contributed by atoms with Crippen LogP contribution in [-0.4, -0.2) is 27.9 Å². The molecular formula is C31H26F7N3O. The van der Waals surface area contributed by atoms with E-state index in [2.05, 4.69) is 10.4 Å². The summed E-state index contributed by atoms with van der Waals surface area (Å²) in [5.41, 5.74) is 2.17. The third kappa shape index (κ3) is 4.82. The Bertz CT molecular complexity index is 1600. The maximum Gasteiger partial charge on any atom is 0.416 e. The quantitative estimate of drug-likeness (QED) is 0.252. The lowest BCUT2D eigenvalue weighted by Crippen LogP contribution is -2.55. The minimum atomic E-state index is -4.70. The van der Waals surface area contributed by atoms with E-state index in [1.54, 1.807) is 29.1 Å². The van der Waals surface area contributed by atoms with Crippen LogP contribution in [0.4, 0.5) is 30.7 Å². The van der Waals surface area contributed by atoms with Crippen LogP contribution in [-0.2, 0) is 12.6 Å². The number of amides is 1.